The first-order valence-corrected chi connectivity index (χ1v) is 14.4. The summed E-state index contributed by atoms with van der Waals surface area (Å²) >= 11 is 0. The Morgan fingerprint density at radius 2 is 1.34 bits per heavy atom. The van der Waals surface area contributed by atoms with E-state index in [2.05, 4.69) is 108 Å². The summed E-state index contributed by atoms with van der Waals surface area (Å²) in [6.45, 7) is 11.2. The Labute approximate surface area is 214 Å². The van der Waals surface area contributed by atoms with Crippen molar-refractivity contribution >= 4 is 18.5 Å². The summed E-state index contributed by atoms with van der Waals surface area (Å²) in [7, 11) is 5.80. The van der Waals surface area contributed by atoms with E-state index >= 15 is 0 Å². The molecule has 4 atom stereocenters. The van der Waals surface area contributed by atoms with Gasteiger partial charge in [0.25, 0.3) is 0 Å². The molecule has 1 fully saturated rings. The first kappa shape index (κ1) is 25.9. The van der Waals surface area contributed by atoms with Crippen molar-refractivity contribution in [3.63, 3.8) is 0 Å². The first-order valence-electron chi connectivity index (χ1n) is 13.0. The van der Waals surface area contributed by atoms with Gasteiger partial charge in [-0.3, -0.25) is 0 Å². The van der Waals surface area contributed by atoms with Crippen molar-refractivity contribution in [1.82, 2.24) is 4.90 Å². The van der Waals surface area contributed by atoms with E-state index in [1.807, 2.05) is 0 Å². The molecule has 35 heavy (non-hydrogen) atoms. The second-order valence-corrected chi connectivity index (χ2v) is 13.1. The Morgan fingerprint density at radius 3 is 1.86 bits per heavy atom. The van der Waals surface area contributed by atoms with E-state index in [4.69, 9.17) is 4.74 Å². The van der Waals surface area contributed by atoms with Gasteiger partial charge in [0.2, 0.25) is 0 Å². The summed E-state index contributed by atoms with van der Waals surface area (Å²) in [5, 5.41) is 3.04. The summed E-state index contributed by atoms with van der Waals surface area (Å²) in [4.78, 5) is 2.46. The van der Waals surface area contributed by atoms with Crippen molar-refractivity contribution in [2.24, 2.45) is 5.92 Å². The van der Waals surface area contributed by atoms with Crippen LogP contribution in [0.25, 0.3) is 0 Å². The Kier molecular flexibility index (Phi) is 8.04. The van der Waals surface area contributed by atoms with Crippen molar-refractivity contribution in [2.45, 2.75) is 65.6 Å². The fourth-order valence-electron chi connectivity index (χ4n) is 6.31. The van der Waals surface area contributed by atoms with Crippen LogP contribution in [0, 0.1) is 40.5 Å². The third kappa shape index (κ3) is 5.20. The summed E-state index contributed by atoms with van der Waals surface area (Å²) in [6, 6.07) is 21.4. The summed E-state index contributed by atoms with van der Waals surface area (Å²) in [6.07, 6.45) is 3.89. The molecule has 0 N–H and O–H groups in total. The van der Waals surface area contributed by atoms with Crippen LogP contribution in [0.2, 0.25) is 0 Å². The molecule has 1 aliphatic carbocycles. The molecule has 3 unspecified atom stereocenters. The molecule has 0 radical (unpaired) electrons. The smallest absolute Gasteiger partial charge is 0.124 e. The maximum absolute atomic E-state index is 5.74. The zero-order valence-electron chi connectivity index (χ0n) is 22.9. The summed E-state index contributed by atoms with van der Waals surface area (Å²) in [5.74, 6) is 1.65. The van der Waals surface area contributed by atoms with E-state index in [0.29, 0.717) is 17.6 Å². The minimum absolute atomic E-state index is 0.432. The summed E-state index contributed by atoms with van der Waals surface area (Å²) in [5.41, 5.74) is 8.83. The number of hydrogen-bond donors (Lipinski definition) is 0. The predicted octanol–water partition coefficient (Wildman–Crippen LogP) is 7.14. The van der Waals surface area contributed by atoms with Crippen LogP contribution in [0.1, 0.15) is 58.7 Å². The standard InChI is InChI=1S/C32H42NOP/c1-21-17-27(18-22(2)25(21)5)35(28-19-23(3)32(34-8)24(4)20-28)30-16-12-15-29(30)31(33(6)7)26-13-10-9-11-14-26/h9-11,13-14,17-20,29-31H,12,15-16H2,1-8H3/t29?,30?,31-,35?/m1/s1. The van der Waals surface area contributed by atoms with Gasteiger partial charge in [0.05, 0.1) is 7.11 Å². The fourth-order valence-corrected chi connectivity index (χ4v) is 9.84. The van der Waals surface area contributed by atoms with E-state index in [9.17, 15) is 0 Å². The molecule has 3 aromatic carbocycles. The van der Waals surface area contributed by atoms with Crippen LogP contribution in [-0.4, -0.2) is 31.8 Å². The average Bonchev–Trinajstić information content (AvgIpc) is 3.26. The Hall–Kier alpha value is -2.15. The number of rotatable bonds is 7. The lowest BCUT2D eigenvalue weighted by molar-refractivity contribution is 0.217. The maximum atomic E-state index is 5.74. The molecule has 1 saturated carbocycles. The van der Waals surface area contributed by atoms with Crippen molar-refractivity contribution in [3.05, 3.63) is 88.0 Å². The van der Waals surface area contributed by atoms with Crippen molar-refractivity contribution in [1.29, 1.82) is 0 Å². The van der Waals surface area contributed by atoms with Crippen molar-refractivity contribution < 1.29 is 4.74 Å². The van der Waals surface area contributed by atoms with Gasteiger partial charge in [-0.25, -0.2) is 0 Å². The molecule has 2 nitrogen and oxygen atoms in total. The van der Waals surface area contributed by atoms with Gasteiger partial charge in [-0.2, -0.15) is 0 Å². The van der Waals surface area contributed by atoms with Crippen LogP contribution < -0.4 is 15.3 Å². The van der Waals surface area contributed by atoms with Gasteiger partial charge in [-0.1, -0.05) is 48.9 Å². The number of hydrogen-bond acceptors (Lipinski definition) is 2. The lowest BCUT2D eigenvalue weighted by Crippen LogP contribution is -2.34. The molecule has 0 aromatic heterocycles. The van der Waals surface area contributed by atoms with E-state index in [1.165, 1.54) is 63.3 Å². The molecule has 4 rings (SSSR count). The first-order chi connectivity index (χ1) is 16.7. The highest BCUT2D eigenvalue weighted by Gasteiger charge is 2.41. The highest BCUT2D eigenvalue weighted by molar-refractivity contribution is 7.73. The number of nitrogens with zero attached hydrogens (tertiary/aromatic N) is 1. The predicted molar refractivity (Wildman–Crippen MR) is 153 cm³/mol. The van der Waals surface area contributed by atoms with E-state index in [1.54, 1.807) is 7.11 Å². The van der Waals surface area contributed by atoms with E-state index in [-0.39, 0.29) is 0 Å². The molecule has 0 aliphatic heterocycles. The van der Waals surface area contributed by atoms with Gasteiger partial charge in [0.15, 0.2) is 0 Å². The second-order valence-electron chi connectivity index (χ2n) is 10.7. The number of benzene rings is 3. The molecular weight excluding hydrogens is 445 g/mol. The van der Waals surface area contributed by atoms with Gasteiger partial charge >= 0.3 is 0 Å². The van der Waals surface area contributed by atoms with Gasteiger partial charge in [0.1, 0.15) is 5.75 Å². The largest absolute Gasteiger partial charge is 0.496 e. The van der Waals surface area contributed by atoms with Gasteiger partial charge in [0, 0.05) is 6.04 Å². The number of aryl methyl sites for hydroxylation is 4. The van der Waals surface area contributed by atoms with Crippen LogP contribution in [0.15, 0.2) is 54.6 Å². The van der Waals surface area contributed by atoms with Gasteiger partial charge in [-0.15, -0.1) is 0 Å². The number of methoxy groups -OCH3 is 1. The monoisotopic (exact) mass is 487 g/mol. The van der Waals surface area contributed by atoms with Gasteiger partial charge < -0.3 is 9.64 Å². The van der Waals surface area contributed by atoms with Crippen LogP contribution in [0.3, 0.4) is 0 Å². The maximum Gasteiger partial charge on any atom is 0.124 e. The topological polar surface area (TPSA) is 12.5 Å². The molecule has 186 valence electrons. The normalized spacial score (nSPS) is 19.7. The third-order valence-electron chi connectivity index (χ3n) is 8.08. The van der Waals surface area contributed by atoms with Crippen molar-refractivity contribution in [3.8, 4) is 5.75 Å². The quantitative estimate of drug-likeness (QED) is 0.328. The zero-order chi connectivity index (χ0) is 25.3. The SMILES string of the molecule is COc1c(C)cc(P(c2cc(C)c(C)c(C)c2)C2CCCC2[C@@H](c2ccccc2)N(C)C)cc1C. The minimum atomic E-state index is -0.516. The molecule has 1 aliphatic rings. The van der Waals surface area contributed by atoms with E-state index < -0.39 is 7.92 Å². The van der Waals surface area contributed by atoms with Gasteiger partial charge in [-0.05, 0) is 137 Å². The molecule has 0 saturated heterocycles. The van der Waals surface area contributed by atoms with E-state index in [0.717, 1.165) is 5.75 Å². The minimum Gasteiger partial charge on any atom is -0.496 e. The number of ether oxygens (including phenoxy) is 1. The molecule has 3 aromatic rings. The highest BCUT2D eigenvalue weighted by Crippen LogP contribution is 2.55. The van der Waals surface area contributed by atoms with Crippen LogP contribution >= 0.6 is 7.92 Å². The summed E-state index contributed by atoms with van der Waals surface area (Å²) < 4.78 is 5.74. The fraction of sp³-hybridized carbons (Fsp3) is 0.438. The lowest BCUT2D eigenvalue weighted by Gasteiger charge is -2.38. The van der Waals surface area contributed by atoms with Crippen LogP contribution in [-0.2, 0) is 0 Å². The molecule has 3 heteroatoms. The zero-order valence-corrected chi connectivity index (χ0v) is 23.7. The Balaban J connectivity index is 1.88. The average molecular weight is 488 g/mol. The molecule has 0 heterocycles. The Morgan fingerprint density at radius 1 is 0.800 bits per heavy atom. The molecule has 0 bridgehead atoms. The molecular formula is C32H42NOP. The highest BCUT2D eigenvalue weighted by atomic mass is 31.1. The van der Waals surface area contributed by atoms with Crippen LogP contribution in [0.4, 0.5) is 0 Å². The molecule has 0 amide bonds. The van der Waals surface area contributed by atoms with Crippen LogP contribution in [0.5, 0.6) is 5.75 Å². The lowest BCUT2D eigenvalue weighted by atomic mass is 9.90. The Bertz CT molecular complexity index is 1120. The third-order valence-corrected chi connectivity index (χ3v) is 11.0. The molecule has 0 spiro atoms. The second kappa shape index (κ2) is 10.9. The van der Waals surface area contributed by atoms with Crippen molar-refractivity contribution in [2.75, 3.05) is 21.2 Å².